The second-order valence-corrected chi connectivity index (χ2v) is 12.8. The fourth-order valence-corrected chi connectivity index (χ4v) is 16.1. The first kappa shape index (κ1) is 10.7. The van der Waals surface area contributed by atoms with Crippen LogP contribution in [0.3, 0.4) is 0 Å². The third-order valence-corrected chi connectivity index (χ3v) is 14.2. The van der Waals surface area contributed by atoms with Crippen molar-refractivity contribution < 1.29 is 0 Å². The molecule has 2 aromatic rings. The van der Waals surface area contributed by atoms with Gasteiger partial charge in [0.15, 0.2) is 0 Å². The summed E-state index contributed by atoms with van der Waals surface area (Å²) in [5, 5.41) is 0. The Morgan fingerprint density at radius 3 is 1.06 bits per heavy atom. The van der Waals surface area contributed by atoms with E-state index in [1.54, 1.807) is 17.4 Å². The molecule has 0 spiro atoms. The van der Waals surface area contributed by atoms with Gasteiger partial charge in [0.2, 0.25) is 0 Å². The summed E-state index contributed by atoms with van der Waals surface area (Å²) in [5.74, 6) is 0. The Kier molecular flexibility index (Phi) is 2.74. The Labute approximate surface area is 106 Å². The van der Waals surface area contributed by atoms with Crippen molar-refractivity contribution in [2.45, 2.75) is 11.4 Å². The third-order valence-electron chi connectivity index (χ3n) is 3.21. The molecule has 0 aliphatic carbocycles. The molecule has 1 aliphatic heterocycles. The molecule has 1 heterocycles. The molecule has 3 rings (SSSR count). The zero-order valence-electron chi connectivity index (χ0n) is 9.51. The minimum absolute atomic E-state index is 0.965. The van der Waals surface area contributed by atoms with Gasteiger partial charge < -0.3 is 0 Å². The molecule has 0 aromatic heterocycles. The molecule has 0 N–H and O–H groups in total. The fourth-order valence-electron chi connectivity index (χ4n) is 2.32. The Balaban J connectivity index is 2.26. The first-order valence-corrected chi connectivity index (χ1v) is 12.9. The SMILES string of the molecule is C[As]1c2ccccc2[As](C)c2ccccc21. The molecular weight excluding hydrogens is 318 g/mol. The van der Waals surface area contributed by atoms with Crippen molar-refractivity contribution in [2.24, 2.45) is 0 Å². The van der Waals surface area contributed by atoms with Gasteiger partial charge in [-0.25, -0.2) is 0 Å². The predicted molar refractivity (Wildman–Crippen MR) is 74.7 cm³/mol. The van der Waals surface area contributed by atoms with Crippen LogP contribution in [-0.4, -0.2) is 29.3 Å². The summed E-state index contributed by atoms with van der Waals surface area (Å²) in [4.78, 5) is 0. The van der Waals surface area contributed by atoms with Crippen LogP contribution in [0, 0.1) is 0 Å². The maximum absolute atomic E-state index is 2.48. The van der Waals surface area contributed by atoms with E-state index in [1.807, 2.05) is 0 Å². The van der Waals surface area contributed by atoms with E-state index in [9.17, 15) is 0 Å². The van der Waals surface area contributed by atoms with Crippen molar-refractivity contribution in [3.05, 3.63) is 48.5 Å². The van der Waals surface area contributed by atoms with Crippen molar-refractivity contribution in [3.63, 3.8) is 0 Å². The summed E-state index contributed by atoms with van der Waals surface area (Å²) in [6.45, 7) is 0. The molecule has 0 unspecified atom stereocenters. The third kappa shape index (κ3) is 1.52. The molecule has 2 heteroatoms. The van der Waals surface area contributed by atoms with Gasteiger partial charge in [-0.15, -0.1) is 0 Å². The van der Waals surface area contributed by atoms with Crippen molar-refractivity contribution in [1.82, 2.24) is 0 Å². The predicted octanol–water partition coefficient (Wildman–Crippen LogP) is 0.478. The number of hydrogen-bond acceptors (Lipinski definition) is 0. The standard InChI is InChI=1S/C14H14As2/c1-15-11-7-3-5-9-13(11)16(2)14-10-6-4-8-12(14)15/h3-10H,1-2H3. The van der Waals surface area contributed by atoms with Crippen LogP contribution in [-0.2, 0) is 0 Å². The molecule has 0 nitrogen and oxygen atoms in total. The Hall–Kier alpha value is -0.443. The molecule has 0 atom stereocenters. The average molecular weight is 332 g/mol. The van der Waals surface area contributed by atoms with Crippen molar-refractivity contribution in [1.29, 1.82) is 0 Å². The normalized spacial score (nSPS) is 22.4. The second-order valence-electron chi connectivity index (χ2n) is 4.10. The van der Waals surface area contributed by atoms with Crippen molar-refractivity contribution in [2.75, 3.05) is 0 Å². The zero-order valence-corrected chi connectivity index (χ0v) is 13.3. The second kappa shape index (κ2) is 4.10. The molecular formula is C14H14As2. The van der Waals surface area contributed by atoms with E-state index in [4.69, 9.17) is 0 Å². The summed E-state index contributed by atoms with van der Waals surface area (Å²) in [5.41, 5.74) is 4.96. The van der Waals surface area contributed by atoms with Crippen LogP contribution in [0.2, 0.25) is 11.4 Å². The van der Waals surface area contributed by atoms with Gasteiger partial charge in [0.1, 0.15) is 0 Å². The van der Waals surface area contributed by atoms with Crippen LogP contribution in [0.5, 0.6) is 0 Å². The molecule has 0 bridgehead atoms. The van der Waals surface area contributed by atoms with Crippen molar-refractivity contribution >= 4 is 46.7 Å². The summed E-state index contributed by atoms with van der Waals surface area (Å²) < 4.78 is 6.82. The molecule has 0 fully saturated rings. The summed E-state index contributed by atoms with van der Waals surface area (Å²) >= 11 is -1.93. The number of hydrogen-bond donors (Lipinski definition) is 0. The van der Waals surface area contributed by atoms with E-state index in [2.05, 4.69) is 60.0 Å². The molecule has 0 saturated carbocycles. The number of fused-ring (bicyclic) bond motifs is 2. The van der Waals surface area contributed by atoms with E-state index in [-0.39, 0.29) is 0 Å². The monoisotopic (exact) mass is 332 g/mol. The molecule has 16 heavy (non-hydrogen) atoms. The van der Waals surface area contributed by atoms with E-state index >= 15 is 0 Å². The van der Waals surface area contributed by atoms with Crippen LogP contribution in [0.1, 0.15) is 0 Å². The van der Waals surface area contributed by atoms with E-state index in [1.165, 1.54) is 0 Å². The first-order valence-electron chi connectivity index (χ1n) is 5.44. The van der Waals surface area contributed by atoms with E-state index in [0.29, 0.717) is 0 Å². The van der Waals surface area contributed by atoms with Gasteiger partial charge in [-0.1, -0.05) is 0 Å². The van der Waals surface area contributed by atoms with Crippen molar-refractivity contribution in [3.8, 4) is 0 Å². The molecule has 2 aromatic carbocycles. The van der Waals surface area contributed by atoms with Gasteiger partial charge in [-0.2, -0.15) is 0 Å². The number of benzene rings is 2. The van der Waals surface area contributed by atoms with Gasteiger partial charge in [-0.3, -0.25) is 0 Å². The van der Waals surface area contributed by atoms with Crippen LogP contribution in [0.15, 0.2) is 48.5 Å². The summed E-state index contributed by atoms with van der Waals surface area (Å²) in [6, 6.07) is 18.3. The Morgan fingerprint density at radius 2 is 0.812 bits per heavy atom. The zero-order chi connectivity index (χ0) is 11.1. The van der Waals surface area contributed by atoms with Gasteiger partial charge in [-0.05, 0) is 0 Å². The average Bonchev–Trinajstić information content (AvgIpc) is 2.36. The van der Waals surface area contributed by atoms with Gasteiger partial charge >= 0.3 is 107 Å². The van der Waals surface area contributed by atoms with Gasteiger partial charge in [0, 0.05) is 0 Å². The van der Waals surface area contributed by atoms with E-state index in [0.717, 1.165) is 0 Å². The Bertz CT molecular complexity index is 438. The summed E-state index contributed by atoms with van der Waals surface area (Å²) in [6.07, 6.45) is 0. The van der Waals surface area contributed by atoms with Crippen LogP contribution < -0.4 is 17.4 Å². The van der Waals surface area contributed by atoms with Gasteiger partial charge in [0.05, 0.1) is 0 Å². The molecule has 0 saturated heterocycles. The molecule has 0 radical (unpaired) electrons. The number of rotatable bonds is 0. The Morgan fingerprint density at radius 1 is 0.562 bits per heavy atom. The van der Waals surface area contributed by atoms with Crippen LogP contribution >= 0.6 is 0 Å². The molecule has 0 amide bonds. The fraction of sp³-hybridized carbons (Fsp3) is 0.143. The van der Waals surface area contributed by atoms with Crippen LogP contribution in [0.25, 0.3) is 0 Å². The molecule has 80 valence electrons. The van der Waals surface area contributed by atoms with E-state index < -0.39 is 29.3 Å². The van der Waals surface area contributed by atoms with Crippen LogP contribution in [0.4, 0.5) is 0 Å². The first-order chi connectivity index (χ1) is 7.79. The summed E-state index contributed by atoms with van der Waals surface area (Å²) in [7, 11) is 0. The quantitative estimate of drug-likeness (QED) is 0.616. The molecule has 1 aliphatic rings. The maximum atomic E-state index is 2.48. The van der Waals surface area contributed by atoms with Gasteiger partial charge in [0.25, 0.3) is 0 Å². The minimum atomic E-state index is -0.965. The topological polar surface area (TPSA) is 0 Å².